The number of aryl methyl sites for hydroxylation is 1. The van der Waals surface area contributed by atoms with Gasteiger partial charge in [-0.25, -0.2) is 0 Å². The monoisotopic (exact) mass is 498 g/mol. The van der Waals surface area contributed by atoms with Crippen LogP contribution in [-0.4, -0.2) is 24.4 Å². The Kier molecular flexibility index (Phi) is 9.21. The quantitative estimate of drug-likeness (QED) is 0.271. The van der Waals surface area contributed by atoms with Crippen LogP contribution in [0.5, 0.6) is 0 Å². The highest BCUT2D eigenvalue weighted by molar-refractivity contribution is 6.05. The number of hydrogen-bond donors (Lipinski definition) is 2. The number of alkyl halides is 3. The first-order chi connectivity index (χ1) is 17.2. The maximum absolute atomic E-state index is 12.9. The molecule has 0 atom stereocenters. The average Bonchev–Trinajstić information content (AvgIpc) is 2.86. The van der Waals surface area contributed by atoms with Crippen molar-refractivity contribution >= 4 is 29.2 Å². The van der Waals surface area contributed by atoms with Gasteiger partial charge < -0.3 is 15.4 Å². The Morgan fingerprint density at radius 3 is 2.19 bits per heavy atom. The van der Waals surface area contributed by atoms with E-state index in [0.29, 0.717) is 12.1 Å². The molecule has 3 aromatic rings. The molecule has 0 radical (unpaired) electrons. The first-order valence-corrected chi connectivity index (χ1v) is 11.3. The fourth-order valence-corrected chi connectivity index (χ4v) is 3.33. The van der Waals surface area contributed by atoms with E-state index in [-0.39, 0.29) is 30.7 Å². The van der Waals surface area contributed by atoms with Crippen LogP contribution in [0.4, 0.5) is 24.5 Å². The molecular formula is C27H25F3N2O4. The number of benzene rings is 3. The molecule has 0 heterocycles. The number of esters is 1. The van der Waals surface area contributed by atoms with Crippen LogP contribution in [0, 0.1) is 0 Å². The van der Waals surface area contributed by atoms with Crippen LogP contribution in [0.1, 0.15) is 40.7 Å². The Balaban J connectivity index is 1.43. The van der Waals surface area contributed by atoms with Crippen LogP contribution < -0.4 is 10.6 Å². The second-order valence-corrected chi connectivity index (χ2v) is 7.97. The molecule has 2 amide bonds. The highest BCUT2D eigenvalue weighted by Crippen LogP contribution is 2.30. The van der Waals surface area contributed by atoms with Crippen LogP contribution in [0.2, 0.25) is 0 Å². The standard InChI is InChI=1S/C27H25F3N2O4/c28-27(29,30)21-11-5-13-23(18-21)32-26(35)20-10-4-12-22(17-20)31-24(33)14-15-25(34)36-16-6-9-19-7-2-1-3-8-19/h1-5,7-8,10-13,17-18H,6,9,14-16H2,(H,31,33)(H,32,35). The number of hydrogen-bond acceptors (Lipinski definition) is 4. The van der Waals surface area contributed by atoms with Gasteiger partial charge >= 0.3 is 12.1 Å². The SMILES string of the molecule is O=C(CCC(=O)OCCCc1ccccc1)Nc1cccc(C(=O)Nc2cccc(C(F)(F)F)c2)c1. The molecule has 0 aromatic heterocycles. The van der Waals surface area contributed by atoms with Crippen LogP contribution in [0.3, 0.4) is 0 Å². The summed E-state index contributed by atoms with van der Waals surface area (Å²) in [5, 5.41) is 5.01. The van der Waals surface area contributed by atoms with E-state index in [1.807, 2.05) is 30.3 Å². The van der Waals surface area contributed by atoms with Crippen molar-refractivity contribution in [2.75, 3.05) is 17.2 Å². The van der Waals surface area contributed by atoms with E-state index in [0.717, 1.165) is 24.1 Å². The molecule has 0 aliphatic heterocycles. The van der Waals surface area contributed by atoms with E-state index < -0.39 is 29.5 Å². The van der Waals surface area contributed by atoms with Crippen molar-refractivity contribution in [3.8, 4) is 0 Å². The Labute approximate surface area is 206 Å². The molecule has 0 saturated carbocycles. The summed E-state index contributed by atoms with van der Waals surface area (Å²) in [5.74, 6) is -1.55. The van der Waals surface area contributed by atoms with Crippen molar-refractivity contribution in [1.82, 2.24) is 0 Å². The normalized spacial score (nSPS) is 11.0. The van der Waals surface area contributed by atoms with Crippen molar-refractivity contribution in [1.29, 1.82) is 0 Å². The van der Waals surface area contributed by atoms with Crippen LogP contribution >= 0.6 is 0 Å². The molecule has 9 heteroatoms. The number of rotatable bonds is 10. The number of amides is 2. The summed E-state index contributed by atoms with van der Waals surface area (Å²) in [6, 6.07) is 20.0. The van der Waals surface area contributed by atoms with E-state index in [9.17, 15) is 27.6 Å². The smallest absolute Gasteiger partial charge is 0.416 e. The van der Waals surface area contributed by atoms with Gasteiger partial charge in [0, 0.05) is 23.4 Å². The van der Waals surface area contributed by atoms with Crippen LogP contribution in [-0.2, 0) is 26.9 Å². The molecule has 36 heavy (non-hydrogen) atoms. The zero-order valence-electron chi connectivity index (χ0n) is 19.3. The van der Waals surface area contributed by atoms with Gasteiger partial charge in [0.15, 0.2) is 0 Å². The molecule has 6 nitrogen and oxygen atoms in total. The predicted octanol–water partition coefficient (Wildman–Crippen LogP) is 5.85. The first-order valence-electron chi connectivity index (χ1n) is 11.3. The Bertz CT molecular complexity index is 1200. The van der Waals surface area contributed by atoms with E-state index in [1.54, 1.807) is 6.07 Å². The maximum Gasteiger partial charge on any atom is 0.416 e. The van der Waals surface area contributed by atoms with Gasteiger partial charge in [0.05, 0.1) is 18.6 Å². The molecule has 0 aliphatic rings. The van der Waals surface area contributed by atoms with E-state index >= 15 is 0 Å². The van der Waals surface area contributed by atoms with Gasteiger partial charge in [-0.2, -0.15) is 13.2 Å². The molecule has 3 aromatic carbocycles. The van der Waals surface area contributed by atoms with E-state index in [1.165, 1.54) is 30.3 Å². The topological polar surface area (TPSA) is 84.5 Å². The number of nitrogens with one attached hydrogen (secondary N) is 2. The first kappa shape index (κ1) is 26.5. The zero-order valence-corrected chi connectivity index (χ0v) is 19.3. The van der Waals surface area contributed by atoms with Crippen LogP contribution in [0.15, 0.2) is 78.9 Å². The average molecular weight is 499 g/mol. The lowest BCUT2D eigenvalue weighted by molar-refractivity contribution is -0.144. The van der Waals surface area contributed by atoms with Crippen LogP contribution in [0.25, 0.3) is 0 Å². The summed E-state index contributed by atoms with van der Waals surface area (Å²) in [6.45, 7) is 0.262. The molecule has 2 N–H and O–H groups in total. The molecular weight excluding hydrogens is 473 g/mol. The lowest BCUT2D eigenvalue weighted by Crippen LogP contribution is -2.16. The van der Waals surface area contributed by atoms with Crippen molar-refractivity contribution in [2.45, 2.75) is 31.9 Å². The highest BCUT2D eigenvalue weighted by atomic mass is 19.4. The third-order valence-corrected chi connectivity index (χ3v) is 5.13. The van der Waals surface area contributed by atoms with Gasteiger partial charge in [-0.3, -0.25) is 14.4 Å². The third kappa shape index (κ3) is 8.57. The van der Waals surface area contributed by atoms with E-state index in [2.05, 4.69) is 10.6 Å². The number of carbonyl (C=O) groups is 3. The Morgan fingerprint density at radius 2 is 1.47 bits per heavy atom. The van der Waals surface area contributed by atoms with Gasteiger partial charge in [-0.05, 0) is 54.8 Å². The Hall–Kier alpha value is -4.14. The molecule has 0 saturated heterocycles. The molecule has 0 spiro atoms. The van der Waals surface area contributed by atoms with Gasteiger partial charge in [-0.1, -0.05) is 42.5 Å². The maximum atomic E-state index is 12.9. The van der Waals surface area contributed by atoms with E-state index in [4.69, 9.17) is 4.74 Å². The van der Waals surface area contributed by atoms with Gasteiger partial charge in [0.2, 0.25) is 5.91 Å². The molecule has 0 aliphatic carbocycles. The van der Waals surface area contributed by atoms with Crippen molar-refractivity contribution < 1.29 is 32.3 Å². The third-order valence-electron chi connectivity index (χ3n) is 5.13. The summed E-state index contributed by atoms with van der Waals surface area (Å²) in [4.78, 5) is 36.6. The van der Waals surface area contributed by atoms with Gasteiger partial charge in [0.1, 0.15) is 0 Å². The molecule has 0 unspecified atom stereocenters. The molecule has 0 fully saturated rings. The number of anilines is 2. The minimum absolute atomic E-state index is 0.00783. The zero-order chi connectivity index (χ0) is 26.0. The summed E-state index contributed by atoms with van der Waals surface area (Å²) in [7, 11) is 0. The van der Waals surface area contributed by atoms with Gasteiger partial charge in [0.25, 0.3) is 5.91 Å². The Morgan fingerprint density at radius 1 is 0.778 bits per heavy atom. The van der Waals surface area contributed by atoms with Crippen molar-refractivity contribution in [2.24, 2.45) is 0 Å². The molecule has 3 rings (SSSR count). The molecule has 188 valence electrons. The fraction of sp³-hybridized carbons (Fsp3) is 0.222. The minimum atomic E-state index is -4.53. The summed E-state index contributed by atoms with van der Waals surface area (Å²) < 4.78 is 43.8. The number of ether oxygens (including phenoxy) is 1. The summed E-state index contributed by atoms with van der Waals surface area (Å²) >= 11 is 0. The lowest BCUT2D eigenvalue weighted by atomic mass is 10.1. The van der Waals surface area contributed by atoms with Gasteiger partial charge in [-0.15, -0.1) is 0 Å². The highest BCUT2D eigenvalue weighted by Gasteiger charge is 2.30. The predicted molar refractivity (Wildman–Crippen MR) is 129 cm³/mol. The lowest BCUT2D eigenvalue weighted by Gasteiger charge is -2.11. The molecule has 0 bridgehead atoms. The minimum Gasteiger partial charge on any atom is -0.466 e. The fourth-order valence-electron chi connectivity index (χ4n) is 3.33. The second kappa shape index (κ2) is 12.5. The summed E-state index contributed by atoms with van der Waals surface area (Å²) in [5.41, 5.74) is 0.720. The number of carbonyl (C=O) groups excluding carboxylic acids is 3. The number of halogens is 3. The van der Waals surface area contributed by atoms with Crippen molar-refractivity contribution in [3.05, 3.63) is 95.6 Å². The summed E-state index contributed by atoms with van der Waals surface area (Å²) in [6.07, 6.45) is -3.26. The largest absolute Gasteiger partial charge is 0.466 e. The second-order valence-electron chi connectivity index (χ2n) is 7.97. The van der Waals surface area contributed by atoms with Crippen molar-refractivity contribution in [3.63, 3.8) is 0 Å².